The summed E-state index contributed by atoms with van der Waals surface area (Å²) in [5, 5.41) is 26.9. The van der Waals surface area contributed by atoms with Crippen LogP contribution in [0.25, 0.3) is 10.8 Å². The first kappa shape index (κ1) is 17.9. The van der Waals surface area contributed by atoms with E-state index in [-0.39, 0.29) is 46.5 Å². The van der Waals surface area contributed by atoms with Crippen LogP contribution in [0, 0.1) is 10.1 Å². The summed E-state index contributed by atoms with van der Waals surface area (Å²) in [5.74, 6) is -0.993. The third-order valence-electron chi connectivity index (χ3n) is 3.41. The molecule has 114 valence electrons. The number of carbonyl (C=O) groups is 1. The van der Waals surface area contributed by atoms with Crippen LogP contribution in [-0.4, -0.2) is 10.8 Å². The van der Waals surface area contributed by atoms with E-state index in [0.717, 1.165) is 10.8 Å². The second-order valence-electron chi connectivity index (χ2n) is 4.96. The molecule has 7 heteroatoms. The van der Waals surface area contributed by atoms with Crippen LogP contribution in [0.2, 0.25) is 0 Å². The van der Waals surface area contributed by atoms with Crippen LogP contribution >= 0.6 is 0 Å². The van der Waals surface area contributed by atoms with Gasteiger partial charge in [-0.05, 0) is 22.9 Å². The molecule has 3 aromatic rings. The molecule has 0 aliphatic rings. The van der Waals surface area contributed by atoms with E-state index in [1.807, 2.05) is 12.1 Å². The molecule has 0 aliphatic carbocycles. The van der Waals surface area contributed by atoms with Crippen LogP contribution in [0.15, 0.2) is 60.7 Å². The first-order valence-electron chi connectivity index (χ1n) is 6.80. The number of carbonyl (C=O) groups excluding carboxylic acids is 1. The number of anilines is 1. The monoisotopic (exact) mass is 330 g/mol. The normalized spacial score (nSPS) is 10.0. The van der Waals surface area contributed by atoms with E-state index < -0.39 is 16.6 Å². The van der Waals surface area contributed by atoms with Crippen LogP contribution in [0.5, 0.6) is 5.75 Å². The summed E-state index contributed by atoms with van der Waals surface area (Å²) in [6.45, 7) is 0. The second-order valence-corrected chi connectivity index (χ2v) is 4.96. The van der Waals surface area contributed by atoms with Gasteiger partial charge in [-0.1, -0.05) is 42.1 Å². The molecule has 0 bridgehead atoms. The van der Waals surface area contributed by atoms with Gasteiger partial charge in [0.05, 0.1) is 4.92 Å². The van der Waals surface area contributed by atoms with Crippen LogP contribution in [0.3, 0.4) is 0 Å². The van der Waals surface area contributed by atoms with Gasteiger partial charge in [-0.2, -0.15) is 0 Å². The van der Waals surface area contributed by atoms with Crippen molar-refractivity contribution < 1.29 is 44.4 Å². The summed E-state index contributed by atoms with van der Waals surface area (Å²) in [4.78, 5) is 22.5. The molecule has 0 radical (unpaired) electrons. The maximum Gasteiger partial charge on any atom is 1.00 e. The van der Waals surface area contributed by atoms with Crippen molar-refractivity contribution in [2.24, 2.45) is 0 Å². The molecule has 0 aromatic heterocycles. The molecule has 0 unspecified atom stereocenters. The molecule has 0 saturated heterocycles. The molecule has 0 saturated carbocycles. The number of nitrogens with zero attached hydrogens (tertiary/aromatic N) is 1. The quantitative estimate of drug-likeness (QED) is 0.418. The smallest absolute Gasteiger partial charge is 0.872 e. The number of non-ortho nitro benzene ring substituents is 1. The fourth-order valence-electron chi connectivity index (χ4n) is 2.29. The summed E-state index contributed by atoms with van der Waals surface area (Å²) in [6.07, 6.45) is 0. The molecule has 0 atom stereocenters. The van der Waals surface area contributed by atoms with Crippen molar-refractivity contribution in [3.05, 3.63) is 76.3 Å². The van der Waals surface area contributed by atoms with Gasteiger partial charge >= 0.3 is 29.6 Å². The van der Waals surface area contributed by atoms with Crippen molar-refractivity contribution in [2.75, 3.05) is 5.32 Å². The van der Waals surface area contributed by atoms with Gasteiger partial charge in [0.2, 0.25) is 0 Å². The minimum absolute atomic E-state index is 0. The van der Waals surface area contributed by atoms with E-state index in [4.69, 9.17) is 0 Å². The molecule has 0 fully saturated rings. The molecule has 0 heterocycles. The number of rotatable bonds is 3. The van der Waals surface area contributed by atoms with Gasteiger partial charge in [0, 0.05) is 23.4 Å². The summed E-state index contributed by atoms with van der Waals surface area (Å²) in [5.41, 5.74) is 0.121. The average molecular weight is 330 g/mol. The zero-order valence-corrected chi connectivity index (χ0v) is 14.9. The predicted octanol–water partition coefficient (Wildman–Crippen LogP) is 0.0779. The van der Waals surface area contributed by atoms with Crippen molar-refractivity contribution >= 4 is 28.1 Å². The van der Waals surface area contributed by atoms with E-state index in [2.05, 4.69) is 5.32 Å². The van der Waals surface area contributed by atoms with Gasteiger partial charge < -0.3 is 10.4 Å². The van der Waals surface area contributed by atoms with E-state index in [0.29, 0.717) is 0 Å². The van der Waals surface area contributed by atoms with Crippen molar-refractivity contribution in [2.45, 2.75) is 0 Å². The SMILES string of the molecule is O=C(Nc1cccc([N+](=O)[O-])c1)c1cc2ccccc2cc1[O-].[Na+]. The molecule has 24 heavy (non-hydrogen) atoms. The maximum absolute atomic E-state index is 12.3. The van der Waals surface area contributed by atoms with Gasteiger partial charge in [-0.25, -0.2) is 0 Å². The minimum atomic E-state index is -0.596. The molecule has 0 spiro atoms. The van der Waals surface area contributed by atoms with E-state index in [1.54, 1.807) is 12.1 Å². The van der Waals surface area contributed by atoms with Crippen LogP contribution in [-0.2, 0) is 0 Å². The largest absolute Gasteiger partial charge is 1.00 e. The molecular formula is C17H11N2NaO4. The summed E-state index contributed by atoms with van der Waals surface area (Å²) < 4.78 is 0. The average Bonchev–Trinajstić information content (AvgIpc) is 2.54. The Labute approximate surface area is 159 Å². The van der Waals surface area contributed by atoms with Crippen LogP contribution < -0.4 is 40.0 Å². The number of nitrogens with one attached hydrogen (secondary N) is 1. The number of amides is 1. The van der Waals surface area contributed by atoms with Crippen LogP contribution in [0.1, 0.15) is 10.4 Å². The Morgan fingerprint density at radius 2 is 1.62 bits per heavy atom. The Morgan fingerprint density at radius 1 is 0.958 bits per heavy atom. The minimum Gasteiger partial charge on any atom is -0.872 e. The number of fused-ring (bicyclic) bond motifs is 1. The van der Waals surface area contributed by atoms with Crippen LogP contribution in [0.4, 0.5) is 11.4 Å². The maximum atomic E-state index is 12.3. The predicted molar refractivity (Wildman–Crippen MR) is 84.4 cm³/mol. The summed E-state index contributed by atoms with van der Waals surface area (Å²) >= 11 is 0. The Kier molecular flexibility index (Phi) is 5.56. The Morgan fingerprint density at radius 3 is 2.29 bits per heavy atom. The number of hydrogen-bond acceptors (Lipinski definition) is 4. The zero-order chi connectivity index (χ0) is 16.4. The number of nitro benzene ring substituents is 1. The van der Waals surface area contributed by atoms with Crippen molar-refractivity contribution in [1.82, 2.24) is 0 Å². The summed E-state index contributed by atoms with van der Waals surface area (Å²) in [7, 11) is 0. The zero-order valence-electron chi connectivity index (χ0n) is 12.9. The molecule has 0 aliphatic heterocycles. The Balaban J connectivity index is 0.00000208. The Bertz CT molecular complexity index is 927. The first-order valence-corrected chi connectivity index (χ1v) is 6.80. The van der Waals surface area contributed by atoms with Crippen molar-refractivity contribution in [3.8, 4) is 5.75 Å². The van der Waals surface area contributed by atoms with E-state index in [1.165, 1.54) is 36.4 Å². The molecular weight excluding hydrogens is 319 g/mol. The van der Waals surface area contributed by atoms with Crippen molar-refractivity contribution in [3.63, 3.8) is 0 Å². The number of hydrogen-bond donors (Lipinski definition) is 1. The van der Waals surface area contributed by atoms with Gasteiger partial charge in [0.25, 0.3) is 11.6 Å². The standard InChI is InChI=1S/C17H12N2O4.Na/c20-16-9-12-5-2-1-4-11(12)8-15(16)17(21)18-13-6-3-7-14(10-13)19(22)23;/h1-10,20H,(H,18,21);/q;+1/p-1. The van der Waals surface area contributed by atoms with Crippen molar-refractivity contribution in [1.29, 1.82) is 0 Å². The van der Waals surface area contributed by atoms with Gasteiger partial charge in [0.1, 0.15) is 0 Å². The fourth-order valence-corrected chi connectivity index (χ4v) is 2.29. The third-order valence-corrected chi connectivity index (χ3v) is 3.41. The molecule has 3 rings (SSSR count). The first-order chi connectivity index (χ1) is 11.0. The molecule has 6 nitrogen and oxygen atoms in total. The van der Waals surface area contributed by atoms with E-state index >= 15 is 0 Å². The molecule has 1 N–H and O–H groups in total. The summed E-state index contributed by atoms with van der Waals surface area (Å²) in [6, 6.07) is 15.7. The van der Waals surface area contributed by atoms with Gasteiger partial charge in [-0.3, -0.25) is 14.9 Å². The number of benzene rings is 3. The van der Waals surface area contributed by atoms with Gasteiger partial charge in [-0.15, -0.1) is 0 Å². The van der Waals surface area contributed by atoms with E-state index in [9.17, 15) is 20.0 Å². The third kappa shape index (κ3) is 3.73. The molecule has 3 aromatic carbocycles. The molecule has 1 amide bonds. The fraction of sp³-hybridized carbons (Fsp3) is 0. The van der Waals surface area contributed by atoms with Gasteiger partial charge in [0.15, 0.2) is 0 Å². The Hall–Kier alpha value is -2.41. The second kappa shape index (κ2) is 7.44. The number of nitro groups is 1. The topological polar surface area (TPSA) is 95.3 Å².